The third-order valence-corrected chi connectivity index (χ3v) is 8.20. The fourth-order valence-corrected chi connectivity index (χ4v) is 5.50. The molecule has 0 bridgehead atoms. The molecule has 0 fully saturated rings. The van der Waals surface area contributed by atoms with Crippen LogP contribution in [0.1, 0.15) is 31.8 Å². The van der Waals surface area contributed by atoms with Gasteiger partial charge in [0.05, 0.1) is 32.4 Å². The largest absolute Gasteiger partial charge is 0.459 e. The highest BCUT2D eigenvalue weighted by Gasteiger charge is 2.39. The fraction of sp³-hybridized carbons (Fsp3) is 0.250. The molecule has 3 rings (SSSR count). The lowest BCUT2D eigenvalue weighted by molar-refractivity contribution is -0.0478. The van der Waals surface area contributed by atoms with Crippen molar-refractivity contribution in [3.63, 3.8) is 0 Å². The number of halogens is 4. The lowest BCUT2D eigenvalue weighted by atomic mass is 10.1. The third kappa shape index (κ3) is 8.89. The first kappa shape index (κ1) is 33.3. The Balaban J connectivity index is 2.02. The van der Waals surface area contributed by atoms with E-state index in [0.29, 0.717) is 6.21 Å². The van der Waals surface area contributed by atoms with Gasteiger partial charge in [-0.15, -0.1) is 0 Å². The molecule has 3 aromatic rings. The molecule has 0 aliphatic carbocycles. The first-order valence-corrected chi connectivity index (χ1v) is 14.7. The van der Waals surface area contributed by atoms with E-state index in [1.165, 1.54) is 24.3 Å². The first-order chi connectivity index (χ1) is 19.8. The fourth-order valence-electron chi connectivity index (χ4n) is 3.45. The predicted molar refractivity (Wildman–Crippen MR) is 156 cm³/mol. The molecule has 0 spiro atoms. The van der Waals surface area contributed by atoms with Gasteiger partial charge in [-0.3, -0.25) is 4.18 Å². The zero-order valence-electron chi connectivity index (χ0n) is 22.4. The lowest BCUT2D eigenvalue weighted by Gasteiger charge is -2.27. The standard InChI is InChI=1S/C28H25Cl3FNO8S/c1-16-4-8-18(9-5-16)27(34)39-15-24(41-42(36,37)25-13-21(30)20(29)12-22(25)31)26(23(32)14-33-38-3)40-28(35)19-10-6-17(2)7-11-19/h4-14,23-24,26H,15H2,1-3H3/t23-,24-,26-/m0/s1. The van der Waals surface area contributed by atoms with Crippen LogP contribution in [0.25, 0.3) is 0 Å². The molecule has 224 valence electrons. The van der Waals surface area contributed by atoms with Gasteiger partial charge in [-0.2, -0.15) is 8.42 Å². The SMILES string of the molecule is CON=C[C@H](F)[C@H](OC(=O)c1ccc(C)cc1)[C@H](COC(=O)c1ccc(C)cc1)OS(=O)(=O)c1cc(Cl)c(Cl)cc1Cl. The average Bonchev–Trinajstić information content (AvgIpc) is 2.95. The number of nitrogens with zero attached hydrogens (tertiary/aromatic N) is 1. The van der Waals surface area contributed by atoms with Crippen LogP contribution in [0, 0.1) is 13.8 Å². The van der Waals surface area contributed by atoms with Crippen molar-refractivity contribution < 1.29 is 40.9 Å². The number of carbonyl (C=O) groups excluding carboxylic acids is 2. The van der Waals surface area contributed by atoms with Crippen molar-refractivity contribution in [1.82, 2.24) is 0 Å². The molecular weight excluding hydrogens is 636 g/mol. The Kier molecular flexibility index (Phi) is 11.7. The quantitative estimate of drug-likeness (QED) is 0.0721. The number of hydrogen-bond donors (Lipinski definition) is 0. The third-order valence-electron chi connectivity index (χ3n) is 5.68. The molecule has 42 heavy (non-hydrogen) atoms. The average molecular weight is 661 g/mol. The molecule has 0 unspecified atom stereocenters. The van der Waals surface area contributed by atoms with Gasteiger partial charge in [0.15, 0.2) is 18.4 Å². The van der Waals surface area contributed by atoms with Crippen LogP contribution in [-0.4, -0.2) is 58.7 Å². The van der Waals surface area contributed by atoms with Crippen molar-refractivity contribution in [2.24, 2.45) is 5.16 Å². The summed E-state index contributed by atoms with van der Waals surface area (Å²) < 4.78 is 58.2. The maximum atomic E-state index is 15.5. The van der Waals surface area contributed by atoms with Crippen LogP contribution in [0.2, 0.25) is 15.1 Å². The van der Waals surface area contributed by atoms with E-state index in [-0.39, 0.29) is 26.2 Å². The highest BCUT2D eigenvalue weighted by atomic mass is 35.5. The second kappa shape index (κ2) is 14.8. The Bertz CT molecular complexity index is 1550. The van der Waals surface area contributed by atoms with Gasteiger partial charge in [-0.05, 0) is 50.2 Å². The molecule has 0 radical (unpaired) electrons. The monoisotopic (exact) mass is 659 g/mol. The Morgan fingerprint density at radius 3 is 1.95 bits per heavy atom. The van der Waals surface area contributed by atoms with Gasteiger partial charge in [-0.1, -0.05) is 75.4 Å². The molecule has 0 aliphatic heterocycles. The Labute approximate surface area is 257 Å². The van der Waals surface area contributed by atoms with Crippen LogP contribution in [0.3, 0.4) is 0 Å². The number of oxime groups is 1. The molecule has 0 aliphatic rings. The number of benzene rings is 3. The molecule has 3 atom stereocenters. The summed E-state index contributed by atoms with van der Waals surface area (Å²) >= 11 is 18.0. The van der Waals surface area contributed by atoms with Crippen LogP contribution in [0.15, 0.2) is 70.7 Å². The number of hydrogen-bond acceptors (Lipinski definition) is 9. The zero-order chi connectivity index (χ0) is 31.0. The Morgan fingerprint density at radius 2 is 1.40 bits per heavy atom. The second-order valence-corrected chi connectivity index (χ2v) is 11.6. The Hall–Kier alpha value is -3.22. The summed E-state index contributed by atoms with van der Waals surface area (Å²) in [5, 5.41) is 2.80. The summed E-state index contributed by atoms with van der Waals surface area (Å²) in [4.78, 5) is 29.6. The lowest BCUT2D eigenvalue weighted by Crippen LogP contribution is -2.45. The molecular formula is C28H25Cl3FNO8S. The van der Waals surface area contributed by atoms with E-state index in [4.69, 9.17) is 48.5 Å². The van der Waals surface area contributed by atoms with Gasteiger partial charge in [-0.25, -0.2) is 14.0 Å². The number of carbonyl (C=O) groups is 2. The maximum Gasteiger partial charge on any atom is 0.338 e. The highest BCUT2D eigenvalue weighted by molar-refractivity contribution is 7.87. The normalized spacial score (nSPS) is 13.8. The Morgan fingerprint density at radius 1 is 0.881 bits per heavy atom. The summed E-state index contributed by atoms with van der Waals surface area (Å²) in [7, 11) is -3.71. The summed E-state index contributed by atoms with van der Waals surface area (Å²) in [5.74, 6) is -1.89. The molecule has 9 nitrogen and oxygen atoms in total. The van der Waals surface area contributed by atoms with Crippen molar-refractivity contribution in [2.45, 2.75) is 37.1 Å². The van der Waals surface area contributed by atoms with Gasteiger partial charge in [0.1, 0.15) is 18.6 Å². The van der Waals surface area contributed by atoms with E-state index in [1.54, 1.807) is 31.2 Å². The molecule has 0 aromatic heterocycles. The molecule has 3 aromatic carbocycles. The van der Waals surface area contributed by atoms with E-state index >= 15 is 4.39 Å². The molecule has 0 N–H and O–H groups in total. The predicted octanol–water partition coefficient (Wildman–Crippen LogP) is 6.39. The smallest absolute Gasteiger partial charge is 0.338 e. The van der Waals surface area contributed by atoms with Gasteiger partial charge in [0.25, 0.3) is 10.1 Å². The first-order valence-electron chi connectivity index (χ1n) is 12.1. The molecule has 0 saturated heterocycles. The van der Waals surface area contributed by atoms with E-state index in [0.717, 1.165) is 30.4 Å². The second-order valence-electron chi connectivity index (χ2n) is 8.87. The minimum atomic E-state index is -4.85. The summed E-state index contributed by atoms with van der Waals surface area (Å²) in [6, 6.07) is 14.4. The minimum Gasteiger partial charge on any atom is -0.459 e. The van der Waals surface area contributed by atoms with E-state index in [2.05, 4.69) is 9.99 Å². The minimum absolute atomic E-state index is 0.0336. The van der Waals surface area contributed by atoms with Gasteiger partial charge < -0.3 is 14.3 Å². The topological polar surface area (TPSA) is 118 Å². The number of ether oxygens (including phenoxy) is 2. The van der Waals surface area contributed by atoms with E-state index in [1.807, 2.05) is 6.92 Å². The van der Waals surface area contributed by atoms with Gasteiger partial charge >= 0.3 is 11.9 Å². The van der Waals surface area contributed by atoms with Crippen molar-refractivity contribution in [3.8, 4) is 0 Å². The maximum absolute atomic E-state index is 15.5. The van der Waals surface area contributed by atoms with Gasteiger partial charge in [0.2, 0.25) is 0 Å². The summed E-state index contributed by atoms with van der Waals surface area (Å²) in [6.45, 7) is 2.73. The van der Waals surface area contributed by atoms with Crippen molar-refractivity contribution in [2.75, 3.05) is 13.7 Å². The number of esters is 2. The molecule has 0 heterocycles. The van der Waals surface area contributed by atoms with Crippen LogP contribution in [-0.2, 0) is 28.6 Å². The molecule has 14 heteroatoms. The number of alkyl halides is 1. The van der Waals surface area contributed by atoms with Crippen LogP contribution >= 0.6 is 34.8 Å². The number of rotatable bonds is 12. The zero-order valence-corrected chi connectivity index (χ0v) is 25.5. The molecule has 0 saturated carbocycles. The molecule has 0 amide bonds. The van der Waals surface area contributed by atoms with Crippen molar-refractivity contribution in [1.29, 1.82) is 0 Å². The van der Waals surface area contributed by atoms with Crippen LogP contribution in [0.5, 0.6) is 0 Å². The summed E-state index contributed by atoms with van der Waals surface area (Å²) in [6.07, 6.45) is -5.62. The number of aryl methyl sites for hydroxylation is 2. The van der Waals surface area contributed by atoms with Crippen molar-refractivity contribution in [3.05, 3.63) is 98.0 Å². The van der Waals surface area contributed by atoms with Crippen LogP contribution < -0.4 is 0 Å². The highest BCUT2D eigenvalue weighted by Crippen LogP contribution is 2.33. The summed E-state index contributed by atoms with van der Waals surface area (Å²) in [5.41, 5.74) is 1.87. The van der Waals surface area contributed by atoms with Crippen molar-refractivity contribution >= 4 is 63.1 Å². The van der Waals surface area contributed by atoms with E-state index < -0.39 is 51.9 Å². The van der Waals surface area contributed by atoms with E-state index in [9.17, 15) is 18.0 Å². The van der Waals surface area contributed by atoms with Crippen LogP contribution in [0.4, 0.5) is 4.39 Å². The van der Waals surface area contributed by atoms with Gasteiger partial charge in [0, 0.05) is 0 Å².